The van der Waals surface area contributed by atoms with Crippen LogP contribution in [0.15, 0.2) is 54.6 Å². The van der Waals surface area contributed by atoms with Crippen molar-refractivity contribution in [2.45, 2.75) is 0 Å². The van der Waals surface area contributed by atoms with E-state index in [1.807, 2.05) is 12.1 Å². The van der Waals surface area contributed by atoms with Crippen LogP contribution >= 0.6 is 0 Å². The fraction of sp³-hybridized carbons (Fsp3) is 0.111. The van der Waals surface area contributed by atoms with Gasteiger partial charge in [0.2, 0.25) is 0 Å². The molecule has 0 unspecified atom stereocenters. The molecule has 2 aromatic carbocycles. The second-order valence-corrected chi connectivity index (χ2v) is 4.78. The van der Waals surface area contributed by atoms with Gasteiger partial charge in [0.25, 0.3) is 11.8 Å². The van der Waals surface area contributed by atoms with Crippen LogP contribution in [0.25, 0.3) is 6.08 Å². The number of methoxy groups -OCH3 is 2. The van der Waals surface area contributed by atoms with Crippen molar-refractivity contribution in [1.29, 1.82) is 0 Å². The van der Waals surface area contributed by atoms with Crippen molar-refractivity contribution in [3.63, 3.8) is 0 Å². The molecule has 2 N–H and O–H groups in total. The summed E-state index contributed by atoms with van der Waals surface area (Å²) in [5, 5.41) is 0. The van der Waals surface area contributed by atoms with E-state index in [1.165, 1.54) is 6.08 Å². The summed E-state index contributed by atoms with van der Waals surface area (Å²) in [5.41, 5.74) is 5.91. The number of hydrogen-bond acceptors (Lipinski definition) is 4. The molecule has 0 aliphatic rings. The summed E-state index contributed by atoms with van der Waals surface area (Å²) in [6.07, 6.45) is 2.96. The number of hydrogen-bond donors (Lipinski definition) is 2. The number of benzene rings is 2. The fourth-order valence-electron chi connectivity index (χ4n) is 1.86. The molecular formula is C18H18N2O4. The minimum Gasteiger partial charge on any atom is -0.497 e. The Morgan fingerprint density at radius 3 is 1.92 bits per heavy atom. The summed E-state index contributed by atoms with van der Waals surface area (Å²) in [5.74, 6) is 0.540. The summed E-state index contributed by atoms with van der Waals surface area (Å²) in [6, 6.07) is 13.8. The third-order valence-corrected chi connectivity index (χ3v) is 3.19. The molecule has 2 rings (SSSR count). The Kier molecular flexibility index (Phi) is 5.96. The Morgan fingerprint density at radius 2 is 1.38 bits per heavy atom. The largest absolute Gasteiger partial charge is 0.497 e. The monoisotopic (exact) mass is 326 g/mol. The number of rotatable bonds is 5. The lowest BCUT2D eigenvalue weighted by atomic mass is 10.2. The summed E-state index contributed by atoms with van der Waals surface area (Å²) in [7, 11) is 3.13. The van der Waals surface area contributed by atoms with Crippen molar-refractivity contribution in [2.75, 3.05) is 14.2 Å². The van der Waals surface area contributed by atoms with Crippen LogP contribution in [0.4, 0.5) is 0 Å². The lowest BCUT2D eigenvalue weighted by Gasteiger charge is -2.06. The van der Waals surface area contributed by atoms with Crippen molar-refractivity contribution in [1.82, 2.24) is 10.9 Å². The third-order valence-electron chi connectivity index (χ3n) is 3.19. The van der Waals surface area contributed by atoms with E-state index in [2.05, 4.69) is 10.9 Å². The van der Waals surface area contributed by atoms with E-state index in [0.29, 0.717) is 11.3 Å². The Hall–Kier alpha value is -3.28. The Balaban J connectivity index is 1.85. The smallest absolute Gasteiger partial charge is 0.269 e. The highest BCUT2D eigenvalue weighted by atomic mass is 16.5. The molecule has 0 saturated carbocycles. The van der Waals surface area contributed by atoms with Gasteiger partial charge in [-0.1, -0.05) is 12.1 Å². The van der Waals surface area contributed by atoms with Crippen molar-refractivity contribution in [3.8, 4) is 11.5 Å². The van der Waals surface area contributed by atoms with E-state index in [-0.39, 0.29) is 0 Å². The Bertz CT molecular complexity index is 722. The van der Waals surface area contributed by atoms with Crippen LogP contribution in [-0.2, 0) is 4.79 Å². The van der Waals surface area contributed by atoms with Gasteiger partial charge in [-0.05, 0) is 48.0 Å². The molecule has 6 heteroatoms. The van der Waals surface area contributed by atoms with Gasteiger partial charge in [0.05, 0.1) is 14.2 Å². The van der Waals surface area contributed by atoms with Gasteiger partial charge in [0.15, 0.2) is 0 Å². The minimum atomic E-state index is -0.437. The second-order valence-electron chi connectivity index (χ2n) is 4.78. The first-order valence-corrected chi connectivity index (χ1v) is 7.19. The van der Waals surface area contributed by atoms with Gasteiger partial charge >= 0.3 is 0 Å². The van der Waals surface area contributed by atoms with E-state index < -0.39 is 11.8 Å². The summed E-state index contributed by atoms with van der Waals surface area (Å²) in [4.78, 5) is 23.6. The van der Waals surface area contributed by atoms with Gasteiger partial charge in [-0.2, -0.15) is 0 Å². The van der Waals surface area contributed by atoms with E-state index >= 15 is 0 Å². The molecule has 0 spiro atoms. The first-order valence-electron chi connectivity index (χ1n) is 7.19. The number of ether oxygens (including phenoxy) is 2. The molecule has 0 aromatic heterocycles. The summed E-state index contributed by atoms with van der Waals surface area (Å²) >= 11 is 0. The van der Waals surface area contributed by atoms with Gasteiger partial charge in [-0.15, -0.1) is 0 Å². The van der Waals surface area contributed by atoms with Crippen LogP contribution < -0.4 is 20.3 Å². The topological polar surface area (TPSA) is 76.7 Å². The average Bonchev–Trinajstić information content (AvgIpc) is 2.64. The molecule has 0 radical (unpaired) electrons. The summed E-state index contributed by atoms with van der Waals surface area (Å²) < 4.78 is 10.1. The van der Waals surface area contributed by atoms with Gasteiger partial charge < -0.3 is 9.47 Å². The summed E-state index contributed by atoms with van der Waals surface area (Å²) in [6.45, 7) is 0. The van der Waals surface area contributed by atoms with Crippen molar-refractivity contribution < 1.29 is 19.1 Å². The van der Waals surface area contributed by atoms with Crippen LogP contribution in [0.3, 0.4) is 0 Å². The lowest BCUT2D eigenvalue weighted by molar-refractivity contribution is -0.117. The maximum Gasteiger partial charge on any atom is 0.269 e. The zero-order valence-electron chi connectivity index (χ0n) is 13.4. The molecule has 6 nitrogen and oxygen atoms in total. The number of carbonyl (C=O) groups is 2. The molecule has 0 saturated heterocycles. The molecule has 0 atom stereocenters. The van der Waals surface area contributed by atoms with Crippen LogP contribution in [0.1, 0.15) is 15.9 Å². The van der Waals surface area contributed by atoms with Gasteiger partial charge in [0.1, 0.15) is 11.5 Å². The maximum absolute atomic E-state index is 11.9. The standard InChI is InChI=1S/C18H18N2O4/c1-23-15-8-3-13(4-9-15)5-12-17(21)19-20-18(22)14-6-10-16(24-2)11-7-14/h3-12H,1-2H3,(H,19,21)(H,20,22)/b12-5+. The van der Waals surface area contributed by atoms with Crippen molar-refractivity contribution in [2.24, 2.45) is 0 Å². The van der Waals surface area contributed by atoms with E-state index in [1.54, 1.807) is 56.7 Å². The zero-order chi connectivity index (χ0) is 17.4. The van der Waals surface area contributed by atoms with E-state index in [0.717, 1.165) is 11.3 Å². The van der Waals surface area contributed by atoms with E-state index in [4.69, 9.17) is 9.47 Å². The molecule has 24 heavy (non-hydrogen) atoms. The number of hydrazine groups is 1. The molecule has 2 aromatic rings. The molecular weight excluding hydrogens is 308 g/mol. The predicted octanol–water partition coefficient (Wildman–Crippen LogP) is 2.18. The number of carbonyl (C=O) groups excluding carboxylic acids is 2. The highest BCUT2D eigenvalue weighted by Gasteiger charge is 2.06. The number of amides is 2. The molecule has 0 fully saturated rings. The third kappa shape index (κ3) is 4.88. The van der Waals surface area contributed by atoms with Crippen LogP contribution in [0.2, 0.25) is 0 Å². The minimum absolute atomic E-state index is 0.412. The lowest BCUT2D eigenvalue weighted by Crippen LogP contribution is -2.40. The van der Waals surface area contributed by atoms with Crippen LogP contribution in [-0.4, -0.2) is 26.0 Å². The SMILES string of the molecule is COc1ccc(/C=C/C(=O)NNC(=O)c2ccc(OC)cc2)cc1. The molecule has 0 aliphatic carbocycles. The number of nitrogens with one attached hydrogen (secondary N) is 2. The first-order chi connectivity index (χ1) is 11.6. The van der Waals surface area contributed by atoms with Crippen LogP contribution in [0, 0.1) is 0 Å². The molecule has 124 valence electrons. The van der Waals surface area contributed by atoms with Gasteiger partial charge in [-0.25, -0.2) is 0 Å². The first kappa shape index (κ1) is 17.1. The van der Waals surface area contributed by atoms with E-state index in [9.17, 15) is 9.59 Å². The fourth-order valence-corrected chi connectivity index (χ4v) is 1.86. The molecule has 0 aliphatic heterocycles. The van der Waals surface area contributed by atoms with Crippen molar-refractivity contribution >= 4 is 17.9 Å². The molecule has 2 amide bonds. The van der Waals surface area contributed by atoms with Gasteiger partial charge in [-0.3, -0.25) is 20.4 Å². The quantitative estimate of drug-likeness (QED) is 0.652. The normalized spacial score (nSPS) is 10.2. The van der Waals surface area contributed by atoms with Crippen molar-refractivity contribution in [3.05, 3.63) is 65.7 Å². The molecule has 0 bridgehead atoms. The Morgan fingerprint density at radius 1 is 0.833 bits per heavy atom. The predicted molar refractivity (Wildman–Crippen MR) is 90.6 cm³/mol. The van der Waals surface area contributed by atoms with Gasteiger partial charge in [0, 0.05) is 11.6 Å². The Labute approximate surface area is 140 Å². The zero-order valence-corrected chi connectivity index (χ0v) is 13.4. The van der Waals surface area contributed by atoms with Crippen LogP contribution in [0.5, 0.6) is 11.5 Å². The second kappa shape index (κ2) is 8.38. The average molecular weight is 326 g/mol. The maximum atomic E-state index is 11.9. The highest BCUT2D eigenvalue weighted by molar-refractivity contribution is 5.97. The highest BCUT2D eigenvalue weighted by Crippen LogP contribution is 2.12. The molecule has 0 heterocycles.